The van der Waals surface area contributed by atoms with Gasteiger partial charge in [-0.25, -0.2) is 4.57 Å². The molecule has 0 radical (unpaired) electrons. The first kappa shape index (κ1) is 61.0. The predicted octanol–water partition coefficient (Wildman–Crippen LogP) is 14.8. The maximum Gasteiger partial charge on any atom is 0.472 e. The van der Waals surface area contributed by atoms with E-state index in [1.165, 1.54) is 116 Å². The molecule has 0 fully saturated rings. The minimum Gasteiger partial charge on any atom is -0.870 e. The summed E-state index contributed by atoms with van der Waals surface area (Å²) in [4.78, 5) is 10.4. The number of ether oxygens (including phenoxy) is 2. The van der Waals surface area contributed by atoms with Crippen LogP contribution in [-0.4, -0.2) is 81.7 Å². The van der Waals surface area contributed by atoms with Crippen molar-refractivity contribution in [1.82, 2.24) is 0 Å². The number of phosphoric ester groups is 1. The number of nitrogens with zero attached hydrogens (tertiary/aromatic N) is 1. The summed E-state index contributed by atoms with van der Waals surface area (Å²) in [5.41, 5.74) is 0. The van der Waals surface area contributed by atoms with Gasteiger partial charge in [0.1, 0.15) is 6.10 Å². The largest absolute Gasteiger partial charge is 0.870 e. The smallest absolute Gasteiger partial charge is 0.472 e. The van der Waals surface area contributed by atoms with Crippen LogP contribution in [0.1, 0.15) is 210 Å². The van der Waals surface area contributed by atoms with Crippen molar-refractivity contribution in [3.05, 3.63) is 0 Å². The molecule has 9 heteroatoms. The first-order valence-corrected chi connectivity index (χ1v) is 26.4. The molecule has 0 aliphatic rings. The third-order valence-corrected chi connectivity index (χ3v) is 13.4. The quantitative estimate of drug-likeness (QED) is 0.0370. The predicted molar refractivity (Wildman–Crippen MR) is 253 cm³/mol. The van der Waals surface area contributed by atoms with Gasteiger partial charge in [0, 0.05) is 13.2 Å². The molecule has 0 aromatic heterocycles. The van der Waals surface area contributed by atoms with Crippen LogP contribution >= 0.6 is 7.82 Å². The lowest BCUT2D eigenvalue weighted by Crippen LogP contribution is -2.35. The lowest BCUT2D eigenvalue weighted by Gasteiger charge is -2.24. The van der Waals surface area contributed by atoms with Crippen LogP contribution in [0.15, 0.2) is 0 Å². The van der Waals surface area contributed by atoms with Gasteiger partial charge in [-0.15, -0.1) is 0 Å². The van der Waals surface area contributed by atoms with Gasteiger partial charge in [0.2, 0.25) is 0 Å². The zero-order valence-corrected chi connectivity index (χ0v) is 42.7. The van der Waals surface area contributed by atoms with E-state index < -0.39 is 13.9 Å². The summed E-state index contributed by atoms with van der Waals surface area (Å²) < 4.78 is 36.7. The highest BCUT2D eigenvalue weighted by molar-refractivity contribution is 7.47. The Balaban J connectivity index is 0. The van der Waals surface area contributed by atoms with E-state index >= 15 is 0 Å². The van der Waals surface area contributed by atoms with Gasteiger partial charge in [0.25, 0.3) is 0 Å². The Labute approximate surface area is 369 Å². The van der Waals surface area contributed by atoms with Gasteiger partial charge in [-0.05, 0) is 73.0 Å². The molecule has 0 saturated carbocycles. The van der Waals surface area contributed by atoms with Crippen molar-refractivity contribution in [2.24, 2.45) is 47.3 Å². The first-order chi connectivity index (χ1) is 27.3. The molecule has 2 N–H and O–H groups in total. The van der Waals surface area contributed by atoms with E-state index in [0.717, 1.165) is 72.2 Å². The first-order valence-electron chi connectivity index (χ1n) is 24.9. The van der Waals surface area contributed by atoms with Gasteiger partial charge in [0.15, 0.2) is 0 Å². The lowest BCUT2D eigenvalue weighted by atomic mass is 9.91. The second-order valence-corrected chi connectivity index (χ2v) is 22.9. The molecule has 0 aliphatic heterocycles. The number of phosphoric acid groups is 1. The van der Waals surface area contributed by atoms with Crippen LogP contribution in [0.25, 0.3) is 0 Å². The molecule has 59 heavy (non-hydrogen) atoms. The van der Waals surface area contributed by atoms with Gasteiger partial charge in [-0.3, -0.25) is 9.05 Å². The van der Waals surface area contributed by atoms with Crippen molar-refractivity contribution < 1.29 is 37.9 Å². The fraction of sp³-hybridized carbons (Fsp3) is 1.00. The normalized spacial score (nSPS) is 17.0. The van der Waals surface area contributed by atoms with E-state index in [1.807, 2.05) is 0 Å². The Hall–Kier alpha value is -0.0500. The highest BCUT2D eigenvalue weighted by Crippen LogP contribution is 2.43. The number of quaternary nitrogens is 1. The van der Waals surface area contributed by atoms with Crippen molar-refractivity contribution >= 4 is 7.82 Å². The minimum atomic E-state index is -4.16. The third-order valence-electron chi connectivity index (χ3n) is 12.5. The zero-order chi connectivity index (χ0) is 43.8. The van der Waals surface area contributed by atoms with E-state index in [1.54, 1.807) is 0 Å². The summed E-state index contributed by atoms with van der Waals surface area (Å²) in [6.45, 7) is 26.5. The highest BCUT2D eigenvalue weighted by Gasteiger charge is 2.24. The maximum absolute atomic E-state index is 12.7. The van der Waals surface area contributed by atoms with Crippen molar-refractivity contribution in [3.63, 3.8) is 0 Å². The minimum absolute atomic E-state index is 0. The third kappa shape index (κ3) is 43.0. The van der Waals surface area contributed by atoms with Crippen LogP contribution < -0.4 is 0 Å². The van der Waals surface area contributed by atoms with Crippen LogP contribution in [0.4, 0.5) is 0 Å². The fourth-order valence-corrected chi connectivity index (χ4v) is 8.83. The van der Waals surface area contributed by atoms with E-state index in [4.69, 9.17) is 18.5 Å². The van der Waals surface area contributed by atoms with Crippen LogP contribution in [0.2, 0.25) is 0 Å². The van der Waals surface area contributed by atoms with Gasteiger partial charge in [-0.2, -0.15) is 0 Å². The molecule has 0 spiro atoms. The Bertz CT molecular complexity index is 960. The van der Waals surface area contributed by atoms with Gasteiger partial charge in [0.05, 0.1) is 47.5 Å². The Morgan fingerprint density at radius 3 is 1.17 bits per heavy atom. The second kappa shape index (κ2) is 37.3. The van der Waals surface area contributed by atoms with E-state index in [2.05, 4.69) is 90.4 Å². The summed E-state index contributed by atoms with van der Waals surface area (Å²) in [5.74, 6) is 6.15. The molecule has 0 bridgehead atoms. The van der Waals surface area contributed by atoms with Crippen molar-refractivity contribution in [3.8, 4) is 0 Å². The number of hydrogen-bond donors (Lipinski definition) is 1. The Morgan fingerprint density at radius 2 is 0.797 bits per heavy atom. The van der Waals surface area contributed by atoms with Crippen molar-refractivity contribution in [1.29, 1.82) is 0 Å². The average Bonchev–Trinajstić information content (AvgIpc) is 3.11. The van der Waals surface area contributed by atoms with Gasteiger partial charge in [-0.1, -0.05) is 185 Å². The van der Waals surface area contributed by atoms with Gasteiger partial charge >= 0.3 is 7.82 Å². The Kier molecular flexibility index (Phi) is 38.6. The number of rotatable bonds is 42. The van der Waals surface area contributed by atoms with Crippen LogP contribution in [-0.2, 0) is 23.1 Å². The van der Waals surface area contributed by atoms with E-state index in [-0.39, 0.29) is 18.7 Å². The zero-order valence-electron chi connectivity index (χ0n) is 41.8. The number of unbranched alkanes of at least 4 members (excludes halogenated alkanes) is 1. The lowest BCUT2D eigenvalue weighted by molar-refractivity contribution is -0.870. The van der Waals surface area contributed by atoms with E-state index in [0.29, 0.717) is 31.7 Å². The molecular formula is C50H106NO7P. The molecule has 0 aliphatic carbocycles. The number of hydrogen-bond acceptors (Lipinski definition) is 6. The van der Waals surface area contributed by atoms with Crippen LogP contribution in [0.3, 0.4) is 0 Å². The topological polar surface area (TPSA) is 104 Å². The van der Waals surface area contributed by atoms with Crippen molar-refractivity contribution in [2.45, 2.75) is 217 Å². The van der Waals surface area contributed by atoms with Crippen LogP contribution in [0.5, 0.6) is 0 Å². The molecule has 0 aromatic rings. The molecule has 0 heterocycles. The van der Waals surface area contributed by atoms with Gasteiger partial charge < -0.3 is 24.3 Å². The second-order valence-electron chi connectivity index (χ2n) is 21.5. The fourth-order valence-electron chi connectivity index (χ4n) is 8.04. The van der Waals surface area contributed by atoms with Crippen LogP contribution in [0, 0.1) is 47.3 Å². The summed E-state index contributed by atoms with van der Waals surface area (Å²) in [7, 11) is 2.27. The molecule has 0 aromatic carbocycles. The summed E-state index contributed by atoms with van der Waals surface area (Å²) in [6, 6.07) is 0. The molecule has 0 saturated heterocycles. The summed E-state index contributed by atoms with van der Waals surface area (Å²) in [5, 5.41) is 0. The highest BCUT2D eigenvalue weighted by atomic mass is 31.2. The molecular weight excluding hydrogens is 758 g/mol. The molecule has 8 atom stereocenters. The monoisotopic (exact) mass is 864 g/mol. The molecule has 0 amide bonds. The SMILES string of the molecule is CC(C)CCC[C@@H](C)CCCC(C)CCCC(C)CCOCC(COP(=O)(O)OCCCC[N+](C)(C)C)OCCC(C)CCCC(C)CCC[C@H](C)CCCC(C)C.[OH-]. The molecule has 8 nitrogen and oxygen atoms in total. The Morgan fingerprint density at radius 1 is 0.441 bits per heavy atom. The molecule has 6 unspecified atom stereocenters. The molecule has 0 rings (SSSR count). The summed E-state index contributed by atoms with van der Waals surface area (Å²) in [6.07, 6.45) is 27.2. The standard InChI is InChI=1S/C50H104NO6P.H2O/c1-42(2)22-16-24-44(5)26-18-28-46(7)30-20-32-48(9)34-38-54-40-50(41-57-58(52,53)56-37-15-14-36-51(11,12)13)55-39-35-49(10)33-21-31-47(8)29-19-27-45(6)25-17-23-43(3)4;/h42-50H,14-41H2,1-13H3;1H2/t44-,45-,46?,47?,48?,49?,50?;/m1./s1. The van der Waals surface area contributed by atoms with Crippen molar-refractivity contribution in [2.75, 3.05) is 60.7 Å². The summed E-state index contributed by atoms with van der Waals surface area (Å²) >= 11 is 0. The maximum atomic E-state index is 12.7. The van der Waals surface area contributed by atoms with E-state index in [9.17, 15) is 9.46 Å². The average molecular weight is 864 g/mol. The molecule has 358 valence electrons.